The Labute approximate surface area is 74.1 Å². The van der Waals surface area contributed by atoms with E-state index in [0.717, 1.165) is 19.1 Å². The maximum absolute atomic E-state index is 5.39. The zero-order valence-corrected chi connectivity index (χ0v) is 7.75. The monoisotopic (exact) mass is 177 g/mol. The van der Waals surface area contributed by atoms with Gasteiger partial charge < -0.3 is 10.1 Å². The molecule has 0 aliphatic carbocycles. The first-order valence-electron chi connectivity index (χ1n) is 4.12. The Morgan fingerprint density at radius 2 is 2.18 bits per heavy atom. The van der Waals surface area contributed by atoms with Gasteiger partial charge in [0, 0.05) is 31.7 Å². The van der Waals surface area contributed by atoms with E-state index in [1.54, 1.807) is 0 Å². The molecule has 2 aliphatic rings. The van der Waals surface area contributed by atoms with Gasteiger partial charge in [-0.05, 0) is 12.3 Å². The maximum atomic E-state index is 5.39. The highest BCUT2D eigenvalue weighted by atomic mass is 35.5. The Bertz CT molecular complexity index is 136. The molecule has 0 aromatic rings. The molecular weight excluding hydrogens is 162 g/mol. The van der Waals surface area contributed by atoms with Crippen LogP contribution in [0.5, 0.6) is 0 Å². The average Bonchev–Trinajstić information content (AvgIpc) is 1.85. The number of hydrogen-bond acceptors (Lipinski definition) is 2. The van der Waals surface area contributed by atoms with Crippen molar-refractivity contribution >= 4 is 12.4 Å². The van der Waals surface area contributed by atoms with E-state index >= 15 is 0 Å². The molecule has 1 spiro atoms. The summed E-state index contributed by atoms with van der Waals surface area (Å²) in [6, 6.07) is 0. The van der Waals surface area contributed by atoms with Gasteiger partial charge in [0.25, 0.3) is 0 Å². The van der Waals surface area contributed by atoms with E-state index in [2.05, 4.69) is 12.2 Å². The lowest BCUT2D eigenvalue weighted by molar-refractivity contribution is -0.0610. The van der Waals surface area contributed by atoms with Gasteiger partial charge in [-0.25, -0.2) is 0 Å². The highest BCUT2D eigenvalue weighted by molar-refractivity contribution is 5.85. The summed E-state index contributed by atoms with van der Waals surface area (Å²) in [5, 5.41) is 3.35. The predicted molar refractivity (Wildman–Crippen MR) is 47.2 cm³/mol. The lowest BCUT2D eigenvalue weighted by Crippen LogP contribution is -2.59. The molecule has 0 aromatic carbocycles. The van der Waals surface area contributed by atoms with Crippen molar-refractivity contribution in [2.75, 3.05) is 26.3 Å². The normalized spacial score (nSPS) is 34.1. The minimum absolute atomic E-state index is 0. The van der Waals surface area contributed by atoms with Crippen LogP contribution >= 0.6 is 12.4 Å². The van der Waals surface area contributed by atoms with Crippen LogP contribution in [-0.4, -0.2) is 26.3 Å². The SMILES string of the molecule is C[C@@H]1COCCC12CNC2.Cl. The van der Waals surface area contributed by atoms with Crippen LogP contribution in [0.4, 0.5) is 0 Å². The minimum Gasteiger partial charge on any atom is -0.381 e. The number of rotatable bonds is 0. The summed E-state index contributed by atoms with van der Waals surface area (Å²) in [7, 11) is 0. The van der Waals surface area contributed by atoms with Gasteiger partial charge in [0.15, 0.2) is 0 Å². The van der Waals surface area contributed by atoms with Gasteiger partial charge in [0.05, 0.1) is 0 Å². The maximum Gasteiger partial charge on any atom is 0.0497 e. The second kappa shape index (κ2) is 3.30. The van der Waals surface area contributed by atoms with E-state index in [9.17, 15) is 0 Å². The number of halogens is 1. The summed E-state index contributed by atoms with van der Waals surface area (Å²) < 4.78 is 5.39. The van der Waals surface area contributed by atoms with Gasteiger partial charge in [-0.2, -0.15) is 0 Å². The minimum atomic E-state index is 0. The zero-order valence-electron chi connectivity index (χ0n) is 6.93. The predicted octanol–water partition coefficient (Wildman–Crippen LogP) is 1.05. The molecule has 3 heteroatoms. The second-order valence-electron chi connectivity index (χ2n) is 3.69. The Kier molecular flexibility index (Phi) is 2.79. The molecule has 11 heavy (non-hydrogen) atoms. The Morgan fingerprint density at radius 1 is 1.45 bits per heavy atom. The van der Waals surface area contributed by atoms with E-state index in [0.29, 0.717) is 5.41 Å². The molecule has 2 aliphatic heterocycles. The van der Waals surface area contributed by atoms with Crippen LogP contribution in [0.25, 0.3) is 0 Å². The molecule has 0 radical (unpaired) electrons. The molecule has 0 saturated carbocycles. The van der Waals surface area contributed by atoms with Crippen LogP contribution < -0.4 is 5.32 Å². The lowest BCUT2D eigenvalue weighted by atomic mass is 9.68. The highest BCUT2D eigenvalue weighted by Gasteiger charge is 2.43. The number of hydrogen-bond donors (Lipinski definition) is 1. The van der Waals surface area contributed by atoms with Gasteiger partial charge in [-0.1, -0.05) is 6.92 Å². The topological polar surface area (TPSA) is 21.3 Å². The summed E-state index contributed by atoms with van der Waals surface area (Å²) in [6.07, 6.45) is 1.27. The third-order valence-corrected chi connectivity index (χ3v) is 3.11. The van der Waals surface area contributed by atoms with Crippen LogP contribution in [0.2, 0.25) is 0 Å². The fourth-order valence-electron chi connectivity index (χ4n) is 1.93. The van der Waals surface area contributed by atoms with Crippen molar-refractivity contribution < 1.29 is 4.74 Å². The molecule has 0 aromatic heterocycles. The first kappa shape index (κ1) is 9.30. The average molecular weight is 178 g/mol. The van der Waals surface area contributed by atoms with Crippen molar-refractivity contribution in [3.05, 3.63) is 0 Å². The molecule has 1 atom stereocenters. The van der Waals surface area contributed by atoms with E-state index in [-0.39, 0.29) is 12.4 Å². The summed E-state index contributed by atoms with van der Waals surface area (Å²) in [6.45, 7) is 6.70. The third kappa shape index (κ3) is 1.40. The molecule has 0 unspecified atom stereocenters. The molecule has 2 nitrogen and oxygen atoms in total. The first-order chi connectivity index (χ1) is 4.83. The van der Waals surface area contributed by atoms with Gasteiger partial charge in [-0.3, -0.25) is 0 Å². The molecule has 0 bridgehead atoms. The Morgan fingerprint density at radius 3 is 2.55 bits per heavy atom. The number of nitrogens with one attached hydrogen (secondary N) is 1. The largest absolute Gasteiger partial charge is 0.381 e. The van der Waals surface area contributed by atoms with Crippen molar-refractivity contribution in [2.24, 2.45) is 11.3 Å². The van der Waals surface area contributed by atoms with Gasteiger partial charge in [0.2, 0.25) is 0 Å². The van der Waals surface area contributed by atoms with Gasteiger partial charge >= 0.3 is 0 Å². The summed E-state index contributed by atoms with van der Waals surface area (Å²) in [5.74, 6) is 0.766. The molecule has 2 fully saturated rings. The summed E-state index contributed by atoms with van der Waals surface area (Å²) in [5.41, 5.74) is 0.623. The molecular formula is C8H16ClNO. The van der Waals surface area contributed by atoms with Crippen molar-refractivity contribution in [2.45, 2.75) is 13.3 Å². The second-order valence-corrected chi connectivity index (χ2v) is 3.69. The van der Waals surface area contributed by atoms with Crippen molar-refractivity contribution in [1.82, 2.24) is 5.32 Å². The molecule has 1 N–H and O–H groups in total. The van der Waals surface area contributed by atoms with Crippen LogP contribution in [0, 0.1) is 11.3 Å². The fraction of sp³-hybridized carbons (Fsp3) is 1.00. The molecule has 2 saturated heterocycles. The van der Waals surface area contributed by atoms with Crippen molar-refractivity contribution in [1.29, 1.82) is 0 Å². The Hall–Kier alpha value is 0.210. The molecule has 0 amide bonds. The smallest absolute Gasteiger partial charge is 0.0497 e. The first-order valence-corrected chi connectivity index (χ1v) is 4.12. The van der Waals surface area contributed by atoms with Crippen LogP contribution in [0.15, 0.2) is 0 Å². The standard InChI is InChI=1S/C8H15NO.ClH/c1-7-4-10-3-2-8(7)5-9-6-8;/h7,9H,2-6H2,1H3;1H/t7-;/m1./s1. The third-order valence-electron chi connectivity index (χ3n) is 3.11. The van der Waals surface area contributed by atoms with Gasteiger partial charge in [0.1, 0.15) is 0 Å². The summed E-state index contributed by atoms with van der Waals surface area (Å²) in [4.78, 5) is 0. The highest BCUT2D eigenvalue weighted by Crippen LogP contribution is 2.38. The quantitative estimate of drug-likeness (QED) is 0.598. The fourth-order valence-corrected chi connectivity index (χ4v) is 1.93. The molecule has 2 heterocycles. The lowest BCUT2D eigenvalue weighted by Gasteiger charge is -2.49. The molecule has 2 rings (SSSR count). The zero-order chi connectivity index (χ0) is 7.03. The summed E-state index contributed by atoms with van der Waals surface area (Å²) >= 11 is 0. The van der Waals surface area contributed by atoms with Crippen molar-refractivity contribution in [3.63, 3.8) is 0 Å². The molecule has 66 valence electrons. The van der Waals surface area contributed by atoms with Crippen molar-refractivity contribution in [3.8, 4) is 0 Å². The van der Waals surface area contributed by atoms with E-state index in [4.69, 9.17) is 4.74 Å². The van der Waals surface area contributed by atoms with Crippen LogP contribution in [0.1, 0.15) is 13.3 Å². The van der Waals surface area contributed by atoms with E-state index in [1.807, 2.05) is 0 Å². The van der Waals surface area contributed by atoms with E-state index < -0.39 is 0 Å². The number of ether oxygens (including phenoxy) is 1. The Balaban J connectivity index is 0.000000605. The van der Waals surface area contributed by atoms with E-state index in [1.165, 1.54) is 19.5 Å². The van der Waals surface area contributed by atoms with Gasteiger partial charge in [-0.15, -0.1) is 12.4 Å². The van der Waals surface area contributed by atoms with Crippen LogP contribution in [0.3, 0.4) is 0 Å². The van der Waals surface area contributed by atoms with Crippen LogP contribution in [-0.2, 0) is 4.74 Å².